The van der Waals surface area contributed by atoms with Crippen LogP contribution in [0.2, 0.25) is 0 Å². The normalized spacial score (nSPS) is 11.4. The molecule has 0 bridgehead atoms. The van der Waals surface area contributed by atoms with E-state index in [1.54, 1.807) is 30.5 Å². The van der Waals surface area contributed by atoms with Crippen molar-refractivity contribution in [2.75, 3.05) is 11.9 Å². The molecule has 11 heteroatoms. The van der Waals surface area contributed by atoms with Crippen LogP contribution in [0.15, 0.2) is 77.9 Å². The molecule has 1 aromatic heterocycles. The number of anilines is 1. The Morgan fingerprint density at radius 3 is 2.43 bits per heavy atom. The SMILES string of the molecule is CC(C)c1nc2ccc(Br)cc2c(=O)n1N=Cc1cc(Br)c(OCC(=O)Nc2ccc(F)cc2)c(Br)c1. The number of nitrogens with one attached hydrogen (secondary N) is 1. The fourth-order valence-corrected chi connectivity index (χ4v) is 5.25. The minimum atomic E-state index is -0.396. The van der Waals surface area contributed by atoms with Crippen molar-refractivity contribution in [3.63, 3.8) is 0 Å². The van der Waals surface area contributed by atoms with Crippen LogP contribution < -0.4 is 15.6 Å². The molecule has 0 saturated carbocycles. The second-order valence-corrected chi connectivity index (χ2v) is 10.9. The number of aromatic nitrogens is 2. The molecule has 4 aromatic rings. The Balaban J connectivity index is 1.55. The molecule has 1 heterocycles. The smallest absolute Gasteiger partial charge is 0.282 e. The monoisotopic (exact) mass is 692 g/mol. The van der Waals surface area contributed by atoms with E-state index in [9.17, 15) is 14.0 Å². The molecule has 1 amide bonds. The highest BCUT2D eigenvalue weighted by atomic mass is 79.9. The molecule has 0 fully saturated rings. The Bertz CT molecular complexity index is 1550. The van der Waals surface area contributed by atoms with Crippen LogP contribution in [-0.2, 0) is 4.79 Å². The molecule has 190 valence electrons. The lowest BCUT2D eigenvalue weighted by Gasteiger charge is -2.13. The predicted octanol–water partition coefficient (Wildman–Crippen LogP) is 6.85. The maximum Gasteiger partial charge on any atom is 0.282 e. The molecule has 3 aromatic carbocycles. The number of halogens is 4. The number of hydrogen-bond donors (Lipinski definition) is 1. The van der Waals surface area contributed by atoms with Gasteiger partial charge in [-0.2, -0.15) is 9.78 Å². The van der Waals surface area contributed by atoms with Crippen LogP contribution in [0.3, 0.4) is 0 Å². The van der Waals surface area contributed by atoms with Gasteiger partial charge in [0.15, 0.2) is 6.61 Å². The van der Waals surface area contributed by atoms with Crippen molar-refractivity contribution < 1.29 is 13.9 Å². The van der Waals surface area contributed by atoms with Gasteiger partial charge in [0.1, 0.15) is 17.4 Å². The fourth-order valence-electron chi connectivity index (χ4n) is 3.44. The van der Waals surface area contributed by atoms with Crippen molar-refractivity contribution in [1.82, 2.24) is 9.66 Å². The largest absolute Gasteiger partial charge is 0.481 e. The number of amides is 1. The number of carbonyl (C=O) groups excluding carboxylic acids is 1. The van der Waals surface area contributed by atoms with E-state index >= 15 is 0 Å². The van der Waals surface area contributed by atoms with Gasteiger partial charge in [0.05, 0.1) is 26.1 Å². The molecule has 0 saturated heterocycles. The van der Waals surface area contributed by atoms with Gasteiger partial charge in [-0.25, -0.2) is 9.37 Å². The van der Waals surface area contributed by atoms with Gasteiger partial charge in [0.2, 0.25) is 0 Å². The summed E-state index contributed by atoms with van der Waals surface area (Å²) in [6.07, 6.45) is 1.55. The van der Waals surface area contributed by atoms with Crippen molar-refractivity contribution >= 4 is 76.5 Å². The summed E-state index contributed by atoms with van der Waals surface area (Å²) in [4.78, 5) is 30.1. The van der Waals surface area contributed by atoms with Crippen molar-refractivity contribution in [3.05, 3.63) is 95.6 Å². The van der Waals surface area contributed by atoms with E-state index in [1.807, 2.05) is 19.9 Å². The zero-order valence-corrected chi connectivity index (χ0v) is 24.4. The Labute approximate surface area is 237 Å². The molecule has 4 rings (SSSR count). The average molecular weight is 695 g/mol. The van der Waals surface area contributed by atoms with Gasteiger partial charge in [-0.3, -0.25) is 9.59 Å². The first kappa shape index (κ1) is 27.2. The molecule has 1 N–H and O–H groups in total. The minimum absolute atomic E-state index is 0.0341. The number of fused-ring (bicyclic) bond motifs is 1. The van der Waals surface area contributed by atoms with E-state index in [0.29, 0.717) is 42.7 Å². The zero-order valence-electron chi connectivity index (χ0n) is 19.6. The van der Waals surface area contributed by atoms with Crippen LogP contribution >= 0.6 is 47.8 Å². The molecular formula is C26H20Br3FN4O3. The Hall–Kier alpha value is -2.89. The summed E-state index contributed by atoms with van der Waals surface area (Å²) < 4.78 is 22.0. The summed E-state index contributed by atoms with van der Waals surface area (Å²) >= 11 is 10.3. The highest BCUT2D eigenvalue weighted by Crippen LogP contribution is 2.34. The highest BCUT2D eigenvalue weighted by Gasteiger charge is 2.15. The van der Waals surface area contributed by atoms with Crippen molar-refractivity contribution in [3.8, 4) is 5.75 Å². The third kappa shape index (κ3) is 6.52. The van der Waals surface area contributed by atoms with Gasteiger partial charge >= 0.3 is 0 Å². The summed E-state index contributed by atoms with van der Waals surface area (Å²) in [7, 11) is 0. The first-order chi connectivity index (χ1) is 17.6. The van der Waals surface area contributed by atoms with Gasteiger partial charge in [-0.05, 0) is 92.0 Å². The van der Waals surface area contributed by atoms with Crippen LogP contribution in [0.5, 0.6) is 5.75 Å². The third-order valence-corrected chi connectivity index (χ3v) is 6.84. The standard InChI is InChI=1S/C26H20Br3FN4O3/c1-14(2)25-33-22-8-3-16(27)11-19(22)26(36)34(25)31-12-15-9-20(28)24(21(29)10-15)37-13-23(35)32-18-6-4-17(30)5-7-18/h3-12,14H,13H2,1-2H3,(H,32,35). The molecule has 0 spiro atoms. The fraction of sp³-hybridized carbons (Fsp3) is 0.154. The molecule has 0 aliphatic heterocycles. The molecule has 0 unspecified atom stereocenters. The molecule has 0 radical (unpaired) electrons. The van der Waals surface area contributed by atoms with Crippen molar-refractivity contribution in [1.29, 1.82) is 0 Å². The van der Waals surface area contributed by atoms with Gasteiger partial charge < -0.3 is 10.1 Å². The van der Waals surface area contributed by atoms with Gasteiger partial charge in [-0.1, -0.05) is 29.8 Å². The summed E-state index contributed by atoms with van der Waals surface area (Å²) in [5.74, 6) is 0.145. The van der Waals surface area contributed by atoms with E-state index in [2.05, 4.69) is 63.2 Å². The summed E-state index contributed by atoms with van der Waals surface area (Å²) in [6.45, 7) is 3.64. The second-order valence-electron chi connectivity index (χ2n) is 8.31. The van der Waals surface area contributed by atoms with E-state index in [4.69, 9.17) is 4.74 Å². The van der Waals surface area contributed by atoms with Crippen LogP contribution in [0.4, 0.5) is 10.1 Å². The maximum atomic E-state index is 13.2. The Morgan fingerprint density at radius 1 is 1.11 bits per heavy atom. The number of nitrogens with zero attached hydrogens (tertiary/aromatic N) is 3. The van der Waals surface area contributed by atoms with Crippen LogP contribution in [0.1, 0.15) is 31.2 Å². The van der Waals surface area contributed by atoms with E-state index in [1.165, 1.54) is 28.9 Å². The topological polar surface area (TPSA) is 85.6 Å². The third-order valence-electron chi connectivity index (χ3n) is 5.17. The van der Waals surface area contributed by atoms with Crippen molar-refractivity contribution in [2.45, 2.75) is 19.8 Å². The van der Waals surface area contributed by atoms with E-state index in [-0.39, 0.29) is 23.9 Å². The average Bonchev–Trinajstić information content (AvgIpc) is 2.84. The second kappa shape index (κ2) is 11.7. The molecule has 37 heavy (non-hydrogen) atoms. The van der Waals surface area contributed by atoms with Crippen LogP contribution in [-0.4, -0.2) is 28.4 Å². The molecular weight excluding hydrogens is 675 g/mol. The Kier molecular flexibility index (Phi) is 8.56. The van der Waals surface area contributed by atoms with Gasteiger partial charge in [0.25, 0.3) is 11.5 Å². The van der Waals surface area contributed by atoms with E-state index in [0.717, 1.165) is 4.47 Å². The van der Waals surface area contributed by atoms with Crippen LogP contribution in [0, 0.1) is 5.82 Å². The quantitative estimate of drug-likeness (QED) is 0.215. The molecule has 0 aliphatic rings. The number of rotatable bonds is 7. The summed E-state index contributed by atoms with van der Waals surface area (Å²) in [6, 6.07) is 14.3. The summed E-state index contributed by atoms with van der Waals surface area (Å²) in [5.41, 5.74) is 1.49. The first-order valence-electron chi connectivity index (χ1n) is 11.1. The predicted molar refractivity (Wildman–Crippen MR) is 153 cm³/mol. The number of benzene rings is 3. The lowest BCUT2D eigenvalue weighted by atomic mass is 10.2. The van der Waals surface area contributed by atoms with Gasteiger partial charge in [0, 0.05) is 16.1 Å². The summed E-state index contributed by atoms with van der Waals surface area (Å²) in [5, 5.41) is 7.54. The number of carbonyl (C=O) groups is 1. The number of ether oxygens (including phenoxy) is 1. The minimum Gasteiger partial charge on any atom is -0.481 e. The molecule has 7 nitrogen and oxygen atoms in total. The number of hydrogen-bond acceptors (Lipinski definition) is 5. The van der Waals surface area contributed by atoms with Crippen LogP contribution in [0.25, 0.3) is 10.9 Å². The first-order valence-corrected chi connectivity index (χ1v) is 13.4. The zero-order chi connectivity index (χ0) is 26.7. The van der Waals surface area contributed by atoms with E-state index < -0.39 is 5.91 Å². The van der Waals surface area contributed by atoms with Crippen molar-refractivity contribution in [2.24, 2.45) is 5.10 Å². The highest BCUT2D eigenvalue weighted by molar-refractivity contribution is 9.11. The maximum absolute atomic E-state index is 13.2. The van der Waals surface area contributed by atoms with Gasteiger partial charge in [-0.15, -0.1) is 0 Å². The lowest BCUT2D eigenvalue weighted by molar-refractivity contribution is -0.118. The molecule has 0 aliphatic carbocycles. The molecule has 0 atom stereocenters. The lowest BCUT2D eigenvalue weighted by Crippen LogP contribution is -2.23. The Morgan fingerprint density at radius 2 is 1.78 bits per heavy atom.